The number of thioether (sulfide) groups is 1. The quantitative estimate of drug-likeness (QED) is 0.759. The number of nitrogens with zero attached hydrogens (tertiary/aromatic N) is 1. The molecule has 1 aliphatic heterocycles. The summed E-state index contributed by atoms with van der Waals surface area (Å²) in [7, 11) is 0. The van der Waals surface area contributed by atoms with Gasteiger partial charge in [0.1, 0.15) is 5.82 Å². The summed E-state index contributed by atoms with van der Waals surface area (Å²) in [6, 6.07) is 9.23. The van der Waals surface area contributed by atoms with E-state index in [9.17, 15) is 14.0 Å². The standard InChI is InChI=1S/C17H10Cl2FNO3S/c18-10-5-4-9(6-11(10)19)8-21-16-12(20)2-1-3-13(16)25-14(17(21)24)7-15(22)23/h1-7H,8H2,(H,22,23). The van der Waals surface area contributed by atoms with Crippen molar-refractivity contribution in [1.29, 1.82) is 0 Å². The van der Waals surface area contributed by atoms with Crippen LogP contribution >= 0.6 is 35.0 Å². The molecule has 0 bridgehead atoms. The number of rotatable bonds is 3. The van der Waals surface area contributed by atoms with Crippen LogP contribution in [0.1, 0.15) is 5.56 Å². The first kappa shape index (κ1) is 17.8. The molecular weight excluding hydrogens is 388 g/mol. The minimum atomic E-state index is -1.25. The van der Waals surface area contributed by atoms with Crippen molar-refractivity contribution in [3.63, 3.8) is 0 Å². The molecule has 4 nitrogen and oxygen atoms in total. The zero-order valence-corrected chi connectivity index (χ0v) is 14.8. The van der Waals surface area contributed by atoms with E-state index < -0.39 is 17.7 Å². The van der Waals surface area contributed by atoms with Crippen LogP contribution in [0.15, 0.2) is 52.3 Å². The molecule has 2 aromatic carbocycles. The fourth-order valence-electron chi connectivity index (χ4n) is 2.41. The van der Waals surface area contributed by atoms with Gasteiger partial charge in [0, 0.05) is 11.0 Å². The molecule has 0 aliphatic carbocycles. The second-order valence-electron chi connectivity index (χ2n) is 5.18. The van der Waals surface area contributed by atoms with Gasteiger partial charge in [-0.25, -0.2) is 9.18 Å². The Morgan fingerprint density at radius 2 is 2.00 bits per heavy atom. The summed E-state index contributed by atoms with van der Waals surface area (Å²) in [5.74, 6) is -2.39. The number of fused-ring (bicyclic) bond motifs is 1. The zero-order chi connectivity index (χ0) is 18.1. The van der Waals surface area contributed by atoms with Gasteiger partial charge < -0.3 is 5.11 Å². The van der Waals surface area contributed by atoms with Gasteiger partial charge in [0.25, 0.3) is 5.91 Å². The smallest absolute Gasteiger partial charge is 0.329 e. The molecule has 0 aromatic heterocycles. The molecule has 1 amide bonds. The van der Waals surface area contributed by atoms with Crippen LogP contribution in [0.2, 0.25) is 10.0 Å². The van der Waals surface area contributed by atoms with Gasteiger partial charge in [0.15, 0.2) is 0 Å². The number of hydrogen-bond acceptors (Lipinski definition) is 3. The van der Waals surface area contributed by atoms with Crippen molar-refractivity contribution in [1.82, 2.24) is 0 Å². The molecule has 0 radical (unpaired) electrons. The molecule has 1 N–H and O–H groups in total. The Morgan fingerprint density at radius 3 is 2.68 bits per heavy atom. The van der Waals surface area contributed by atoms with Crippen molar-refractivity contribution in [2.24, 2.45) is 0 Å². The van der Waals surface area contributed by atoms with E-state index in [4.69, 9.17) is 28.3 Å². The van der Waals surface area contributed by atoms with Gasteiger partial charge in [-0.2, -0.15) is 0 Å². The molecule has 3 rings (SSSR count). The number of carbonyl (C=O) groups is 2. The van der Waals surface area contributed by atoms with Gasteiger partial charge in [-0.05, 0) is 29.8 Å². The molecule has 0 saturated heterocycles. The van der Waals surface area contributed by atoms with Gasteiger partial charge in [-0.15, -0.1) is 0 Å². The van der Waals surface area contributed by atoms with Gasteiger partial charge in [-0.1, -0.05) is 47.1 Å². The minimum absolute atomic E-state index is 0.00524. The van der Waals surface area contributed by atoms with E-state index in [1.165, 1.54) is 17.0 Å². The van der Waals surface area contributed by atoms with E-state index in [1.54, 1.807) is 24.3 Å². The van der Waals surface area contributed by atoms with Gasteiger partial charge >= 0.3 is 5.97 Å². The number of halogens is 3. The number of amides is 1. The molecule has 0 atom stereocenters. The number of para-hydroxylation sites is 1. The van der Waals surface area contributed by atoms with Gasteiger partial charge in [0.05, 0.1) is 27.2 Å². The summed E-state index contributed by atoms with van der Waals surface area (Å²) in [6.45, 7) is 0.0289. The van der Waals surface area contributed by atoms with Gasteiger partial charge in [-0.3, -0.25) is 9.69 Å². The summed E-state index contributed by atoms with van der Waals surface area (Å²) in [5.41, 5.74) is 0.754. The van der Waals surface area contributed by atoms with E-state index >= 15 is 0 Å². The summed E-state index contributed by atoms with van der Waals surface area (Å²) in [4.78, 5) is 25.3. The average Bonchev–Trinajstić information content (AvgIpc) is 2.54. The van der Waals surface area contributed by atoms with Crippen molar-refractivity contribution in [3.8, 4) is 0 Å². The fraction of sp³-hybridized carbons (Fsp3) is 0.0588. The third kappa shape index (κ3) is 3.66. The lowest BCUT2D eigenvalue weighted by Crippen LogP contribution is -2.34. The highest BCUT2D eigenvalue weighted by Gasteiger charge is 2.32. The van der Waals surface area contributed by atoms with Gasteiger partial charge in [0.2, 0.25) is 0 Å². The molecule has 128 valence electrons. The lowest BCUT2D eigenvalue weighted by atomic mass is 10.1. The highest BCUT2D eigenvalue weighted by Crippen LogP contribution is 2.43. The molecule has 0 unspecified atom stereocenters. The number of hydrogen-bond donors (Lipinski definition) is 1. The van der Waals surface area contributed by atoms with E-state index in [1.807, 2.05) is 0 Å². The summed E-state index contributed by atoms with van der Waals surface area (Å²) >= 11 is 12.8. The molecule has 1 heterocycles. The average molecular weight is 398 g/mol. The topological polar surface area (TPSA) is 57.6 Å². The predicted molar refractivity (Wildman–Crippen MR) is 95.6 cm³/mol. The minimum Gasteiger partial charge on any atom is -0.478 e. The molecule has 25 heavy (non-hydrogen) atoms. The summed E-state index contributed by atoms with van der Waals surface area (Å²) in [5, 5.41) is 9.64. The molecule has 1 aliphatic rings. The molecule has 2 aromatic rings. The van der Waals surface area contributed by atoms with E-state index in [0.29, 0.717) is 20.5 Å². The van der Waals surface area contributed by atoms with Crippen LogP contribution < -0.4 is 4.90 Å². The molecule has 8 heteroatoms. The van der Waals surface area contributed by atoms with Crippen LogP contribution in [-0.2, 0) is 16.1 Å². The van der Waals surface area contributed by atoms with Crippen molar-refractivity contribution < 1.29 is 19.1 Å². The number of anilines is 1. The monoisotopic (exact) mass is 397 g/mol. The first-order valence-electron chi connectivity index (χ1n) is 7.03. The number of carboxylic acid groups (broad SMARTS) is 1. The Kier molecular flexibility index (Phi) is 5.03. The third-order valence-corrected chi connectivity index (χ3v) is 5.28. The Hall–Kier alpha value is -2.02. The maximum Gasteiger partial charge on any atom is 0.329 e. The van der Waals surface area contributed by atoms with Crippen molar-refractivity contribution in [2.75, 3.05) is 4.90 Å². The fourth-order valence-corrected chi connectivity index (χ4v) is 3.78. The van der Waals surface area contributed by atoms with Crippen LogP contribution in [0.25, 0.3) is 0 Å². The predicted octanol–water partition coefficient (Wildman–Crippen LogP) is 4.74. The Balaban J connectivity index is 2.07. The molecule has 0 spiro atoms. The van der Waals surface area contributed by atoms with Crippen LogP contribution in [0.5, 0.6) is 0 Å². The SMILES string of the molecule is O=C(O)C=C1Sc2cccc(F)c2N(Cc2ccc(Cl)c(Cl)c2)C1=O. The van der Waals surface area contributed by atoms with Crippen LogP contribution in [0.3, 0.4) is 0 Å². The normalized spacial score (nSPS) is 15.4. The lowest BCUT2D eigenvalue weighted by Gasteiger charge is -2.30. The third-order valence-electron chi connectivity index (χ3n) is 3.47. The maximum absolute atomic E-state index is 14.3. The van der Waals surface area contributed by atoms with Crippen molar-refractivity contribution in [3.05, 3.63) is 68.8 Å². The van der Waals surface area contributed by atoms with Crippen LogP contribution in [-0.4, -0.2) is 17.0 Å². The highest BCUT2D eigenvalue weighted by atomic mass is 35.5. The number of aliphatic carboxylic acids is 1. The second-order valence-corrected chi connectivity index (χ2v) is 7.07. The molecule has 0 fully saturated rings. The first-order chi connectivity index (χ1) is 11.9. The van der Waals surface area contributed by atoms with Crippen molar-refractivity contribution >= 4 is 52.5 Å². The van der Waals surface area contributed by atoms with Crippen LogP contribution in [0.4, 0.5) is 10.1 Å². The largest absolute Gasteiger partial charge is 0.478 e. The second kappa shape index (κ2) is 7.07. The maximum atomic E-state index is 14.3. The lowest BCUT2D eigenvalue weighted by molar-refractivity contribution is -0.131. The van der Waals surface area contributed by atoms with Crippen LogP contribution in [0, 0.1) is 5.82 Å². The van der Waals surface area contributed by atoms with E-state index in [2.05, 4.69) is 0 Å². The summed E-state index contributed by atoms with van der Waals surface area (Å²) in [6.07, 6.45) is 0.822. The summed E-state index contributed by atoms with van der Waals surface area (Å²) < 4.78 is 14.3. The Labute approximate surface area is 156 Å². The van der Waals surface area contributed by atoms with Crippen molar-refractivity contribution in [2.45, 2.75) is 11.4 Å². The number of carboxylic acids is 1. The Morgan fingerprint density at radius 1 is 1.24 bits per heavy atom. The molecular formula is C17H10Cl2FNO3S. The number of carbonyl (C=O) groups excluding carboxylic acids is 1. The number of benzene rings is 2. The highest BCUT2D eigenvalue weighted by molar-refractivity contribution is 8.04. The zero-order valence-electron chi connectivity index (χ0n) is 12.5. The Bertz CT molecular complexity index is 917. The van der Waals surface area contributed by atoms with E-state index in [0.717, 1.165) is 17.8 Å². The first-order valence-corrected chi connectivity index (χ1v) is 8.61. The molecule has 0 saturated carbocycles. The van der Waals surface area contributed by atoms with E-state index in [-0.39, 0.29) is 17.1 Å².